The Morgan fingerprint density at radius 3 is 2.57 bits per heavy atom. The second kappa shape index (κ2) is 8.04. The molecule has 4 aliphatic rings. The molecule has 5 nitrogen and oxygen atoms in total. The first-order valence-corrected chi connectivity index (χ1v) is 12.3. The molecule has 0 bridgehead atoms. The average Bonchev–Trinajstić information content (AvgIpc) is 3.06. The van der Waals surface area contributed by atoms with Crippen LogP contribution in [0.5, 0.6) is 0 Å². The van der Waals surface area contributed by atoms with Crippen molar-refractivity contribution in [2.75, 3.05) is 7.11 Å². The lowest BCUT2D eigenvalue weighted by Crippen LogP contribution is -2.62. The molecule has 0 aliphatic heterocycles. The summed E-state index contributed by atoms with van der Waals surface area (Å²) in [6, 6.07) is 0.261. The Kier molecular flexibility index (Phi) is 6.04. The number of fused-ring (bicyclic) bond motifs is 5. The van der Waals surface area contributed by atoms with Gasteiger partial charge in [-0.15, -0.1) is 0 Å². The highest BCUT2D eigenvalue weighted by molar-refractivity contribution is 5.69. The van der Waals surface area contributed by atoms with E-state index < -0.39 is 0 Å². The van der Waals surface area contributed by atoms with E-state index >= 15 is 0 Å². The van der Waals surface area contributed by atoms with Crippen molar-refractivity contribution < 1.29 is 19.7 Å². The van der Waals surface area contributed by atoms with Gasteiger partial charge in [0.25, 0.3) is 0 Å². The fraction of sp³-hybridized carbons (Fsp3) is 0.960. The molecule has 4 saturated carbocycles. The molecular formula is C25H43NO4. The predicted octanol–water partition coefficient (Wildman–Crippen LogP) is 3.50. The van der Waals surface area contributed by atoms with Gasteiger partial charge in [-0.05, 0) is 97.7 Å². The number of carbonyl (C=O) groups is 1. The smallest absolute Gasteiger partial charge is 0.305 e. The van der Waals surface area contributed by atoms with Gasteiger partial charge in [-0.2, -0.15) is 0 Å². The Balaban J connectivity index is 1.58. The molecular weight excluding hydrogens is 378 g/mol. The van der Waals surface area contributed by atoms with Crippen molar-refractivity contribution >= 4 is 5.97 Å². The number of rotatable bonds is 4. The van der Waals surface area contributed by atoms with Crippen molar-refractivity contribution in [2.24, 2.45) is 52.1 Å². The summed E-state index contributed by atoms with van der Waals surface area (Å²) in [7, 11) is 1.45. The van der Waals surface area contributed by atoms with Crippen LogP contribution in [0.1, 0.15) is 78.6 Å². The maximum Gasteiger partial charge on any atom is 0.305 e. The highest BCUT2D eigenvalue weighted by Crippen LogP contribution is 2.68. The second-order valence-electron chi connectivity index (χ2n) is 11.7. The zero-order valence-corrected chi connectivity index (χ0v) is 19.3. The molecule has 0 amide bonds. The number of aliphatic hydroxyl groups excluding tert-OH is 2. The van der Waals surface area contributed by atoms with Crippen molar-refractivity contribution in [1.29, 1.82) is 0 Å². The zero-order valence-electron chi connectivity index (χ0n) is 19.3. The molecule has 172 valence electrons. The number of carbonyl (C=O) groups excluding carboxylic acids is 1. The van der Waals surface area contributed by atoms with Gasteiger partial charge in [-0.1, -0.05) is 20.8 Å². The van der Waals surface area contributed by atoms with E-state index in [4.69, 9.17) is 10.5 Å². The van der Waals surface area contributed by atoms with Crippen LogP contribution < -0.4 is 5.73 Å². The summed E-state index contributed by atoms with van der Waals surface area (Å²) < 4.78 is 4.84. The predicted molar refractivity (Wildman–Crippen MR) is 116 cm³/mol. The van der Waals surface area contributed by atoms with Gasteiger partial charge in [-0.3, -0.25) is 4.79 Å². The zero-order chi connectivity index (χ0) is 21.8. The lowest BCUT2D eigenvalue weighted by atomic mass is 9.43. The molecule has 0 aromatic carbocycles. The number of nitrogens with two attached hydrogens (primary N) is 1. The van der Waals surface area contributed by atoms with Crippen LogP contribution in [-0.2, 0) is 9.53 Å². The highest BCUT2D eigenvalue weighted by Gasteiger charge is 2.65. The van der Waals surface area contributed by atoms with Crippen LogP contribution in [0.15, 0.2) is 0 Å². The number of methoxy groups -OCH3 is 1. The minimum Gasteiger partial charge on any atom is -0.469 e. The largest absolute Gasteiger partial charge is 0.469 e. The molecule has 0 aromatic heterocycles. The van der Waals surface area contributed by atoms with E-state index in [0.29, 0.717) is 36.0 Å². The molecule has 0 heterocycles. The quantitative estimate of drug-likeness (QED) is 0.604. The molecule has 0 radical (unpaired) electrons. The van der Waals surface area contributed by atoms with Gasteiger partial charge in [0.1, 0.15) is 0 Å². The van der Waals surface area contributed by atoms with Crippen LogP contribution in [0.2, 0.25) is 0 Å². The molecule has 5 heteroatoms. The average molecular weight is 422 g/mol. The summed E-state index contributed by atoms with van der Waals surface area (Å²) in [5, 5.41) is 22.9. The summed E-state index contributed by atoms with van der Waals surface area (Å²) >= 11 is 0. The van der Waals surface area contributed by atoms with Crippen LogP contribution in [-0.4, -0.2) is 41.5 Å². The maximum atomic E-state index is 11.7. The SMILES string of the molecule is COC(=O)CCC(C)C1CCC2C3C(O)CC4CC(N)CCC4(C)C3CC(O)C12C. The van der Waals surface area contributed by atoms with E-state index in [1.807, 2.05) is 0 Å². The van der Waals surface area contributed by atoms with Crippen LogP contribution >= 0.6 is 0 Å². The third kappa shape index (κ3) is 3.34. The molecule has 0 spiro atoms. The fourth-order valence-electron chi connectivity index (χ4n) is 8.84. The van der Waals surface area contributed by atoms with Crippen LogP contribution in [0.4, 0.5) is 0 Å². The molecule has 11 atom stereocenters. The Morgan fingerprint density at radius 1 is 1.13 bits per heavy atom. The van der Waals surface area contributed by atoms with Gasteiger partial charge in [-0.25, -0.2) is 0 Å². The number of ether oxygens (including phenoxy) is 1. The Bertz CT molecular complexity index is 655. The Hall–Kier alpha value is -0.650. The number of hydrogen-bond acceptors (Lipinski definition) is 5. The van der Waals surface area contributed by atoms with E-state index in [2.05, 4.69) is 20.8 Å². The van der Waals surface area contributed by atoms with E-state index in [1.54, 1.807) is 0 Å². The first kappa shape index (κ1) is 22.5. The molecule has 11 unspecified atom stereocenters. The maximum absolute atomic E-state index is 11.7. The van der Waals surface area contributed by atoms with Crippen LogP contribution in [0, 0.1) is 46.3 Å². The fourth-order valence-corrected chi connectivity index (χ4v) is 8.84. The van der Waals surface area contributed by atoms with Gasteiger partial charge in [0.15, 0.2) is 0 Å². The van der Waals surface area contributed by atoms with E-state index in [9.17, 15) is 15.0 Å². The summed E-state index contributed by atoms with van der Waals surface area (Å²) in [5.41, 5.74) is 6.31. The van der Waals surface area contributed by atoms with Gasteiger partial charge in [0.05, 0.1) is 19.3 Å². The molecule has 4 fully saturated rings. The van der Waals surface area contributed by atoms with Crippen LogP contribution in [0.25, 0.3) is 0 Å². The van der Waals surface area contributed by atoms with Crippen molar-refractivity contribution in [3.05, 3.63) is 0 Å². The summed E-state index contributed by atoms with van der Waals surface area (Å²) in [6.07, 6.45) is 7.69. The first-order chi connectivity index (χ1) is 14.1. The number of aliphatic hydroxyl groups is 2. The molecule has 0 aromatic rings. The normalized spacial score (nSPS) is 51.4. The number of hydrogen-bond donors (Lipinski definition) is 3. The Morgan fingerprint density at radius 2 is 1.87 bits per heavy atom. The van der Waals surface area contributed by atoms with Gasteiger partial charge in [0.2, 0.25) is 0 Å². The third-order valence-corrected chi connectivity index (χ3v) is 10.6. The Labute approximate surface area is 182 Å². The van der Waals surface area contributed by atoms with Gasteiger partial charge in [0, 0.05) is 12.5 Å². The first-order valence-electron chi connectivity index (χ1n) is 12.3. The molecule has 4 N–H and O–H groups in total. The topological polar surface area (TPSA) is 92.8 Å². The molecule has 30 heavy (non-hydrogen) atoms. The summed E-state index contributed by atoms with van der Waals surface area (Å²) in [6.45, 7) is 6.94. The van der Waals surface area contributed by atoms with E-state index in [1.165, 1.54) is 7.11 Å². The third-order valence-electron chi connectivity index (χ3n) is 10.6. The molecule has 4 rings (SSSR count). The summed E-state index contributed by atoms with van der Waals surface area (Å²) in [5.74, 6) is 2.11. The number of esters is 1. The lowest BCUT2D eigenvalue weighted by Gasteiger charge is -2.63. The van der Waals surface area contributed by atoms with Crippen molar-refractivity contribution in [3.63, 3.8) is 0 Å². The minimum absolute atomic E-state index is 0.150. The highest BCUT2D eigenvalue weighted by atomic mass is 16.5. The monoisotopic (exact) mass is 421 g/mol. The summed E-state index contributed by atoms with van der Waals surface area (Å²) in [4.78, 5) is 11.7. The second-order valence-corrected chi connectivity index (χ2v) is 11.7. The molecule has 4 aliphatic carbocycles. The van der Waals surface area contributed by atoms with Crippen molar-refractivity contribution in [1.82, 2.24) is 0 Å². The lowest BCUT2D eigenvalue weighted by molar-refractivity contribution is -0.202. The standard InChI is InChI=1S/C25H43NO4/c1-14(5-8-22(29)30-4)17-6-7-18-23-19(13-21(28)25(17,18)3)24(2)10-9-16(26)11-15(24)12-20(23)27/h14-21,23,27-28H,5-13,26H2,1-4H3. The van der Waals surface area contributed by atoms with E-state index in [-0.39, 0.29) is 41.0 Å². The molecule has 0 saturated heterocycles. The van der Waals surface area contributed by atoms with E-state index in [0.717, 1.165) is 51.4 Å². The van der Waals surface area contributed by atoms with Crippen molar-refractivity contribution in [2.45, 2.75) is 96.8 Å². The van der Waals surface area contributed by atoms with Gasteiger partial charge < -0.3 is 20.7 Å². The van der Waals surface area contributed by atoms with Crippen LogP contribution in [0.3, 0.4) is 0 Å². The van der Waals surface area contributed by atoms with Gasteiger partial charge >= 0.3 is 5.97 Å². The van der Waals surface area contributed by atoms with Crippen molar-refractivity contribution in [3.8, 4) is 0 Å². The minimum atomic E-state index is -0.338.